The van der Waals surface area contributed by atoms with E-state index < -0.39 is 0 Å². The van der Waals surface area contributed by atoms with Crippen LogP contribution in [0.5, 0.6) is 0 Å². The maximum absolute atomic E-state index is 3.70. The van der Waals surface area contributed by atoms with Crippen molar-refractivity contribution in [3.63, 3.8) is 0 Å². The second kappa shape index (κ2) is 4.62. The molecule has 17 heavy (non-hydrogen) atoms. The average molecular weight is 295 g/mol. The molecule has 2 bridgehead atoms. The lowest BCUT2D eigenvalue weighted by atomic mass is 9.98. The molecule has 2 atom stereocenters. The molecule has 1 aromatic carbocycles. The van der Waals surface area contributed by atoms with E-state index in [4.69, 9.17) is 0 Å². The summed E-state index contributed by atoms with van der Waals surface area (Å²) in [5.74, 6) is 0. The molecule has 2 heterocycles. The molecule has 3 heteroatoms. The van der Waals surface area contributed by atoms with Gasteiger partial charge in [-0.1, -0.05) is 12.1 Å². The maximum atomic E-state index is 3.70. The van der Waals surface area contributed by atoms with Gasteiger partial charge in [-0.2, -0.15) is 0 Å². The Kier molecular flexibility index (Phi) is 3.14. The SMILES string of the molecule is CN1C2CCC1CC(Nc1ccccc1Br)C2. The number of piperidine rings is 1. The molecule has 2 unspecified atom stereocenters. The van der Waals surface area contributed by atoms with Gasteiger partial charge in [0.1, 0.15) is 0 Å². The van der Waals surface area contributed by atoms with Crippen LogP contribution in [0.4, 0.5) is 5.69 Å². The van der Waals surface area contributed by atoms with Crippen LogP contribution in [0.3, 0.4) is 0 Å². The van der Waals surface area contributed by atoms with Gasteiger partial charge < -0.3 is 10.2 Å². The maximum Gasteiger partial charge on any atom is 0.0486 e. The molecule has 0 amide bonds. The molecular weight excluding hydrogens is 276 g/mol. The van der Waals surface area contributed by atoms with Gasteiger partial charge in [0.2, 0.25) is 0 Å². The first-order chi connectivity index (χ1) is 8.24. The molecule has 92 valence electrons. The molecule has 3 rings (SSSR count). The normalized spacial score (nSPS) is 32.7. The summed E-state index contributed by atoms with van der Waals surface area (Å²) < 4.78 is 1.17. The minimum Gasteiger partial charge on any atom is -0.381 e. The van der Waals surface area contributed by atoms with Gasteiger partial charge in [-0.15, -0.1) is 0 Å². The zero-order valence-corrected chi connectivity index (χ0v) is 11.8. The van der Waals surface area contributed by atoms with Gasteiger partial charge in [0, 0.05) is 28.3 Å². The highest BCUT2D eigenvalue weighted by molar-refractivity contribution is 9.10. The number of halogens is 1. The molecule has 0 aromatic heterocycles. The average Bonchev–Trinajstić information content (AvgIpc) is 2.55. The van der Waals surface area contributed by atoms with E-state index in [0.29, 0.717) is 6.04 Å². The van der Waals surface area contributed by atoms with Crippen LogP contribution in [-0.4, -0.2) is 30.1 Å². The highest BCUT2D eigenvalue weighted by Gasteiger charge is 2.38. The second-order valence-corrected chi connectivity index (χ2v) is 6.20. The first-order valence-corrected chi connectivity index (χ1v) is 7.26. The van der Waals surface area contributed by atoms with Crippen LogP contribution in [0.15, 0.2) is 28.7 Å². The fourth-order valence-corrected chi connectivity index (χ4v) is 3.73. The smallest absolute Gasteiger partial charge is 0.0486 e. The van der Waals surface area contributed by atoms with Crippen molar-refractivity contribution in [2.75, 3.05) is 12.4 Å². The highest BCUT2D eigenvalue weighted by atomic mass is 79.9. The molecule has 2 fully saturated rings. The van der Waals surface area contributed by atoms with E-state index in [0.717, 1.165) is 12.1 Å². The Morgan fingerprint density at radius 2 is 1.82 bits per heavy atom. The first-order valence-electron chi connectivity index (χ1n) is 6.47. The summed E-state index contributed by atoms with van der Waals surface area (Å²) in [5, 5.41) is 3.70. The number of hydrogen-bond donors (Lipinski definition) is 1. The van der Waals surface area contributed by atoms with Gasteiger partial charge in [-0.25, -0.2) is 0 Å². The largest absolute Gasteiger partial charge is 0.381 e. The lowest BCUT2D eigenvalue weighted by molar-refractivity contribution is 0.169. The third kappa shape index (κ3) is 2.23. The van der Waals surface area contributed by atoms with Crippen LogP contribution in [0.2, 0.25) is 0 Å². The molecule has 0 spiro atoms. The van der Waals surface area contributed by atoms with Gasteiger partial charge in [0.05, 0.1) is 0 Å². The van der Waals surface area contributed by atoms with Crippen LogP contribution in [0.25, 0.3) is 0 Å². The monoisotopic (exact) mass is 294 g/mol. The number of fused-ring (bicyclic) bond motifs is 2. The summed E-state index contributed by atoms with van der Waals surface area (Å²) >= 11 is 3.61. The summed E-state index contributed by atoms with van der Waals surface area (Å²) in [6.07, 6.45) is 5.34. The van der Waals surface area contributed by atoms with Gasteiger partial charge in [0.25, 0.3) is 0 Å². The summed E-state index contributed by atoms with van der Waals surface area (Å²) in [4.78, 5) is 2.58. The van der Waals surface area contributed by atoms with Gasteiger partial charge >= 0.3 is 0 Å². The Morgan fingerprint density at radius 3 is 2.47 bits per heavy atom. The molecule has 2 aliphatic heterocycles. The summed E-state index contributed by atoms with van der Waals surface area (Å²) in [6, 6.07) is 10.7. The van der Waals surface area contributed by atoms with Crippen molar-refractivity contribution in [1.29, 1.82) is 0 Å². The summed E-state index contributed by atoms with van der Waals surface area (Å²) in [6.45, 7) is 0. The van der Waals surface area contributed by atoms with Crippen LogP contribution in [-0.2, 0) is 0 Å². The van der Waals surface area contributed by atoms with Crippen molar-refractivity contribution >= 4 is 21.6 Å². The topological polar surface area (TPSA) is 15.3 Å². The number of benzene rings is 1. The van der Waals surface area contributed by atoms with Crippen LogP contribution >= 0.6 is 15.9 Å². The standard InChI is InChI=1S/C14H19BrN2/c1-17-11-6-7-12(17)9-10(8-11)16-14-5-3-2-4-13(14)15/h2-5,10-12,16H,6-9H2,1H3. The third-order valence-electron chi connectivity index (χ3n) is 4.33. The Bertz CT molecular complexity index is 393. The number of rotatable bonds is 2. The number of anilines is 1. The van der Waals surface area contributed by atoms with Crippen molar-refractivity contribution in [2.45, 2.75) is 43.8 Å². The number of para-hydroxylation sites is 1. The Hall–Kier alpha value is -0.540. The lowest BCUT2D eigenvalue weighted by Crippen LogP contribution is -2.44. The molecule has 2 nitrogen and oxygen atoms in total. The fraction of sp³-hybridized carbons (Fsp3) is 0.571. The zero-order chi connectivity index (χ0) is 11.8. The van der Waals surface area contributed by atoms with E-state index in [9.17, 15) is 0 Å². The van der Waals surface area contributed by atoms with Crippen molar-refractivity contribution in [2.24, 2.45) is 0 Å². The zero-order valence-electron chi connectivity index (χ0n) is 10.2. The Balaban J connectivity index is 1.70. The summed E-state index contributed by atoms with van der Waals surface area (Å²) in [7, 11) is 2.29. The van der Waals surface area contributed by atoms with Gasteiger partial charge in [-0.05, 0) is 60.8 Å². The van der Waals surface area contributed by atoms with Gasteiger partial charge in [0.15, 0.2) is 0 Å². The predicted molar refractivity (Wildman–Crippen MR) is 75.4 cm³/mol. The van der Waals surface area contributed by atoms with Crippen molar-refractivity contribution in [1.82, 2.24) is 4.90 Å². The van der Waals surface area contributed by atoms with E-state index in [1.54, 1.807) is 0 Å². The van der Waals surface area contributed by atoms with E-state index in [2.05, 4.69) is 57.5 Å². The van der Waals surface area contributed by atoms with E-state index >= 15 is 0 Å². The molecule has 1 N–H and O–H groups in total. The molecular formula is C14H19BrN2. The predicted octanol–water partition coefficient (Wildman–Crippen LogP) is 3.49. The Morgan fingerprint density at radius 1 is 1.18 bits per heavy atom. The summed E-state index contributed by atoms with van der Waals surface area (Å²) in [5.41, 5.74) is 1.24. The fourth-order valence-electron chi connectivity index (χ4n) is 3.33. The van der Waals surface area contributed by atoms with E-state index in [1.165, 1.54) is 35.8 Å². The first kappa shape index (κ1) is 11.5. The van der Waals surface area contributed by atoms with Crippen molar-refractivity contribution < 1.29 is 0 Å². The molecule has 1 aromatic rings. The lowest BCUT2D eigenvalue weighted by Gasteiger charge is -2.37. The number of hydrogen-bond acceptors (Lipinski definition) is 2. The number of nitrogens with zero attached hydrogens (tertiary/aromatic N) is 1. The number of nitrogens with one attached hydrogen (secondary N) is 1. The Labute approximate surface area is 112 Å². The molecule has 2 saturated heterocycles. The third-order valence-corrected chi connectivity index (χ3v) is 5.02. The van der Waals surface area contributed by atoms with Crippen molar-refractivity contribution in [3.05, 3.63) is 28.7 Å². The van der Waals surface area contributed by atoms with E-state index in [-0.39, 0.29) is 0 Å². The van der Waals surface area contributed by atoms with E-state index in [1.807, 2.05) is 0 Å². The van der Waals surface area contributed by atoms with Crippen LogP contribution < -0.4 is 5.32 Å². The van der Waals surface area contributed by atoms with Gasteiger partial charge in [-0.3, -0.25) is 0 Å². The molecule has 0 saturated carbocycles. The van der Waals surface area contributed by atoms with Crippen LogP contribution in [0.1, 0.15) is 25.7 Å². The van der Waals surface area contributed by atoms with Crippen LogP contribution in [0, 0.1) is 0 Å². The minimum absolute atomic E-state index is 0.641. The second-order valence-electron chi connectivity index (χ2n) is 5.34. The van der Waals surface area contributed by atoms with Crippen molar-refractivity contribution in [3.8, 4) is 0 Å². The quantitative estimate of drug-likeness (QED) is 0.898. The highest BCUT2D eigenvalue weighted by Crippen LogP contribution is 2.36. The molecule has 2 aliphatic rings. The minimum atomic E-state index is 0.641. The molecule has 0 radical (unpaired) electrons. The molecule has 0 aliphatic carbocycles.